The molecule has 1 aromatic rings. The van der Waals surface area contributed by atoms with Gasteiger partial charge in [-0.15, -0.1) is 0 Å². The van der Waals surface area contributed by atoms with Crippen LogP contribution in [0.1, 0.15) is 17.3 Å². The fraction of sp³-hybridized carbons (Fsp3) is 0.533. The molecule has 1 fully saturated rings. The third-order valence-electron chi connectivity index (χ3n) is 3.68. The number of hydrogen-bond donors (Lipinski definition) is 6. The van der Waals surface area contributed by atoms with E-state index in [0.717, 1.165) is 12.1 Å². The van der Waals surface area contributed by atoms with Crippen molar-refractivity contribution in [2.24, 2.45) is 0 Å². The summed E-state index contributed by atoms with van der Waals surface area (Å²) in [6.07, 6.45) is -6.92. The van der Waals surface area contributed by atoms with Crippen molar-refractivity contribution in [2.45, 2.75) is 37.6 Å². The van der Waals surface area contributed by atoms with Crippen LogP contribution >= 0.6 is 0 Å². The maximum absolute atomic E-state index is 12.0. The monoisotopic (exact) mass is 360 g/mol. The molecular formula is C15H20O10. The van der Waals surface area contributed by atoms with Gasteiger partial charge in [-0.05, 0) is 19.1 Å². The first kappa shape index (κ1) is 19.2. The number of rotatable bonds is 5. The second-order valence-electron chi connectivity index (χ2n) is 5.43. The molecule has 25 heavy (non-hydrogen) atoms. The van der Waals surface area contributed by atoms with Gasteiger partial charge in [0.1, 0.15) is 31.0 Å². The Balaban J connectivity index is 2.03. The number of aliphatic hydroxyl groups is 3. The Morgan fingerprint density at radius 1 is 1.08 bits per heavy atom. The van der Waals surface area contributed by atoms with E-state index in [-0.39, 0.29) is 12.2 Å². The summed E-state index contributed by atoms with van der Waals surface area (Å²) in [7, 11) is 0. The van der Waals surface area contributed by atoms with E-state index in [9.17, 15) is 35.4 Å². The molecule has 1 aliphatic heterocycles. The molecule has 0 aliphatic carbocycles. The Hall–Kier alpha value is -2.11. The Morgan fingerprint density at radius 2 is 1.68 bits per heavy atom. The molecule has 0 radical (unpaired) electrons. The molecule has 5 unspecified atom stereocenters. The van der Waals surface area contributed by atoms with Crippen LogP contribution in [0.2, 0.25) is 0 Å². The molecule has 0 amide bonds. The molecule has 5 atom stereocenters. The van der Waals surface area contributed by atoms with E-state index in [0.29, 0.717) is 0 Å². The predicted octanol–water partition coefficient (Wildman–Crippen LogP) is -1.20. The average Bonchev–Trinajstić information content (AvgIpc) is 2.58. The lowest BCUT2D eigenvalue weighted by molar-refractivity contribution is -0.299. The summed E-state index contributed by atoms with van der Waals surface area (Å²) in [5.41, 5.74) is -0.250. The van der Waals surface area contributed by atoms with E-state index in [4.69, 9.17) is 14.2 Å². The zero-order valence-corrected chi connectivity index (χ0v) is 13.3. The Kier molecular flexibility index (Phi) is 6.03. The quantitative estimate of drug-likeness (QED) is 0.277. The zero-order chi connectivity index (χ0) is 18.7. The molecule has 0 spiro atoms. The fourth-order valence-corrected chi connectivity index (χ4v) is 2.32. The number of carbonyl (C=O) groups is 1. The molecule has 1 aliphatic rings. The highest BCUT2D eigenvalue weighted by Gasteiger charge is 2.44. The summed E-state index contributed by atoms with van der Waals surface area (Å²) in [5.74, 6) is -3.18. The second-order valence-corrected chi connectivity index (χ2v) is 5.43. The van der Waals surface area contributed by atoms with Crippen LogP contribution in [0.25, 0.3) is 0 Å². The van der Waals surface area contributed by atoms with Crippen LogP contribution in [0.3, 0.4) is 0 Å². The first-order chi connectivity index (χ1) is 11.8. The highest BCUT2D eigenvalue weighted by Crippen LogP contribution is 2.35. The summed E-state index contributed by atoms with van der Waals surface area (Å²) < 4.78 is 15.3. The van der Waals surface area contributed by atoms with Gasteiger partial charge < -0.3 is 44.8 Å². The average molecular weight is 360 g/mol. The molecule has 1 saturated heterocycles. The molecule has 140 valence electrons. The maximum atomic E-state index is 12.0. The van der Waals surface area contributed by atoms with Crippen LogP contribution < -0.4 is 0 Å². The number of esters is 1. The number of phenolic OH excluding ortho intramolecular Hbond substituents is 3. The molecule has 1 aromatic carbocycles. The third-order valence-corrected chi connectivity index (χ3v) is 3.68. The Bertz CT molecular complexity index is 595. The summed E-state index contributed by atoms with van der Waals surface area (Å²) in [6.45, 7) is 1.34. The van der Waals surface area contributed by atoms with Crippen LogP contribution in [0.5, 0.6) is 17.2 Å². The van der Waals surface area contributed by atoms with Gasteiger partial charge in [0, 0.05) is 6.61 Å². The summed E-state index contributed by atoms with van der Waals surface area (Å²) >= 11 is 0. The van der Waals surface area contributed by atoms with Crippen molar-refractivity contribution in [3.05, 3.63) is 17.7 Å². The first-order valence-corrected chi connectivity index (χ1v) is 7.49. The van der Waals surface area contributed by atoms with E-state index in [1.807, 2.05) is 0 Å². The smallest absolute Gasteiger partial charge is 0.338 e. The number of ether oxygens (including phenoxy) is 3. The fourth-order valence-electron chi connectivity index (χ4n) is 2.32. The highest BCUT2D eigenvalue weighted by atomic mass is 16.7. The molecule has 10 heteroatoms. The molecule has 0 saturated carbocycles. The van der Waals surface area contributed by atoms with Gasteiger partial charge in [0.25, 0.3) is 0 Å². The molecule has 2 rings (SSSR count). The van der Waals surface area contributed by atoms with Gasteiger partial charge in [0.05, 0.1) is 5.56 Å². The molecule has 6 N–H and O–H groups in total. The van der Waals surface area contributed by atoms with Crippen LogP contribution in [-0.4, -0.2) is 80.5 Å². The van der Waals surface area contributed by atoms with Gasteiger partial charge in [-0.3, -0.25) is 0 Å². The van der Waals surface area contributed by atoms with Crippen molar-refractivity contribution < 1.29 is 49.6 Å². The van der Waals surface area contributed by atoms with Crippen molar-refractivity contribution in [3.8, 4) is 17.2 Å². The van der Waals surface area contributed by atoms with E-state index in [1.165, 1.54) is 0 Å². The molecule has 1 heterocycles. The van der Waals surface area contributed by atoms with Gasteiger partial charge in [0.2, 0.25) is 0 Å². The standard InChI is InChI=1S/C15H20O10/c1-2-23-15-13(21)12(20)11(19)9(25-15)5-24-14(22)6-3-7(16)10(18)8(17)4-6/h3-4,9,11-13,15-21H,2,5H2,1H3. The summed E-state index contributed by atoms with van der Waals surface area (Å²) in [6, 6.07) is 1.77. The lowest BCUT2D eigenvalue weighted by Gasteiger charge is -2.39. The van der Waals surface area contributed by atoms with E-state index < -0.39 is 60.5 Å². The Morgan fingerprint density at radius 3 is 2.24 bits per heavy atom. The van der Waals surface area contributed by atoms with Crippen molar-refractivity contribution in [3.63, 3.8) is 0 Å². The lowest BCUT2D eigenvalue weighted by atomic mass is 9.99. The minimum absolute atomic E-state index is 0.184. The summed E-state index contributed by atoms with van der Waals surface area (Å²) in [4.78, 5) is 12.0. The summed E-state index contributed by atoms with van der Waals surface area (Å²) in [5, 5.41) is 57.5. The minimum Gasteiger partial charge on any atom is -0.504 e. The number of aliphatic hydroxyl groups excluding tert-OH is 3. The molecule has 10 nitrogen and oxygen atoms in total. The zero-order valence-electron chi connectivity index (χ0n) is 13.3. The largest absolute Gasteiger partial charge is 0.504 e. The van der Waals surface area contributed by atoms with Crippen molar-refractivity contribution in [1.29, 1.82) is 0 Å². The van der Waals surface area contributed by atoms with Crippen molar-refractivity contribution in [1.82, 2.24) is 0 Å². The van der Waals surface area contributed by atoms with Gasteiger partial charge in [-0.1, -0.05) is 0 Å². The van der Waals surface area contributed by atoms with E-state index >= 15 is 0 Å². The Labute approximate surface area is 142 Å². The topological polar surface area (TPSA) is 166 Å². The highest BCUT2D eigenvalue weighted by molar-refractivity contribution is 5.91. The predicted molar refractivity (Wildman–Crippen MR) is 80.0 cm³/mol. The van der Waals surface area contributed by atoms with Crippen LogP contribution in [0.15, 0.2) is 12.1 Å². The van der Waals surface area contributed by atoms with Gasteiger partial charge >= 0.3 is 5.97 Å². The number of carbonyl (C=O) groups excluding carboxylic acids is 1. The number of aromatic hydroxyl groups is 3. The van der Waals surface area contributed by atoms with E-state index in [1.54, 1.807) is 6.92 Å². The number of benzene rings is 1. The first-order valence-electron chi connectivity index (χ1n) is 7.49. The third kappa shape index (κ3) is 4.11. The molecular weight excluding hydrogens is 340 g/mol. The molecule has 0 aromatic heterocycles. The number of phenols is 3. The van der Waals surface area contributed by atoms with Crippen LogP contribution in [-0.2, 0) is 14.2 Å². The van der Waals surface area contributed by atoms with Crippen LogP contribution in [0, 0.1) is 0 Å². The van der Waals surface area contributed by atoms with Crippen molar-refractivity contribution in [2.75, 3.05) is 13.2 Å². The van der Waals surface area contributed by atoms with Crippen molar-refractivity contribution >= 4 is 5.97 Å². The number of hydrogen-bond acceptors (Lipinski definition) is 10. The maximum Gasteiger partial charge on any atom is 0.338 e. The lowest BCUT2D eigenvalue weighted by Crippen LogP contribution is -2.59. The van der Waals surface area contributed by atoms with Crippen LogP contribution in [0.4, 0.5) is 0 Å². The van der Waals surface area contributed by atoms with E-state index in [2.05, 4.69) is 0 Å². The SMILES string of the molecule is CCOC1OC(COC(=O)c2cc(O)c(O)c(O)c2)C(O)C(O)C1O. The van der Waals surface area contributed by atoms with Gasteiger partial charge in [-0.2, -0.15) is 0 Å². The normalized spacial score (nSPS) is 29.4. The molecule has 0 bridgehead atoms. The van der Waals surface area contributed by atoms with Gasteiger partial charge in [-0.25, -0.2) is 4.79 Å². The van der Waals surface area contributed by atoms with Gasteiger partial charge in [0.15, 0.2) is 23.5 Å². The second kappa shape index (κ2) is 7.85. The minimum atomic E-state index is -1.56.